The molecule has 0 heterocycles. The molecular formula is C5H12BrZn. The first-order valence-corrected chi connectivity index (χ1v) is 4.35. The molecule has 0 nitrogen and oxygen atoms in total. The average molecular weight is 217 g/mol. The van der Waals surface area contributed by atoms with Gasteiger partial charge in [-0.15, -0.1) is 17.0 Å². The maximum absolute atomic E-state index is 2.26. The van der Waals surface area contributed by atoms with Crippen LogP contribution in [0.1, 0.15) is 26.7 Å². The van der Waals surface area contributed by atoms with E-state index in [9.17, 15) is 0 Å². The van der Waals surface area contributed by atoms with Crippen LogP contribution in [-0.2, 0) is 18.3 Å². The summed E-state index contributed by atoms with van der Waals surface area (Å²) in [5, 5.41) is 0. The normalized spacial score (nSPS) is 8.71. The second-order valence-corrected chi connectivity index (χ2v) is 4.11. The van der Waals surface area contributed by atoms with Crippen molar-refractivity contribution in [1.29, 1.82) is 0 Å². The Kier molecular flexibility index (Phi) is 11.1. The molecule has 0 fully saturated rings. The van der Waals surface area contributed by atoms with Crippen LogP contribution in [0.25, 0.3) is 0 Å². The van der Waals surface area contributed by atoms with E-state index in [0.29, 0.717) is 0 Å². The Labute approximate surface area is 66.5 Å². The molecular weight excluding hydrogens is 205 g/mol. The molecule has 0 aromatic rings. The summed E-state index contributed by atoms with van der Waals surface area (Å²) in [4.78, 5) is 0. The average Bonchev–Trinajstić information content (AvgIpc) is 1.65. The summed E-state index contributed by atoms with van der Waals surface area (Å²) < 4.78 is 1.06. The molecule has 0 aliphatic carbocycles. The van der Waals surface area contributed by atoms with Crippen molar-refractivity contribution in [3.8, 4) is 0 Å². The molecule has 0 aliphatic rings. The summed E-state index contributed by atoms with van der Waals surface area (Å²) in [6, 6.07) is 0. The fraction of sp³-hybridized carbons (Fsp3) is 1.00. The van der Waals surface area contributed by atoms with Gasteiger partial charge in [-0.1, -0.05) is 0 Å². The standard InChI is InChI=1S/C5H11.BrH.Zn/c1-3-5-4-2;;/h5H,3-4H2,1-2H3;1H;. The molecule has 0 saturated carbocycles. The molecule has 0 spiro atoms. The summed E-state index contributed by atoms with van der Waals surface area (Å²) in [6.45, 7) is 4.52. The quantitative estimate of drug-likeness (QED) is 0.624. The van der Waals surface area contributed by atoms with Gasteiger partial charge < -0.3 is 0 Å². The van der Waals surface area contributed by atoms with Gasteiger partial charge in [0.15, 0.2) is 0 Å². The summed E-state index contributed by atoms with van der Waals surface area (Å²) >= 11 is 1.48. The third-order valence-corrected chi connectivity index (χ3v) is 3.58. The minimum atomic E-state index is 0. The van der Waals surface area contributed by atoms with E-state index in [1.54, 1.807) is 0 Å². The first-order valence-electron chi connectivity index (χ1n) is 2.64. The van der Waals surface area contributed by atoms with Gasteiger partial charge in [-0.2, -0.15) is 0 Å². The number of hydrogen-bond donors (Lipinski definition) is 0. The van der Waals surface area contributed by atoms with E-state index in [2.05, 4.69) is 13.8 Å². The zero-order valence-electron chi connectivity index (χ0n) is 5.11. The molecule has 41 valence electrons. The van der Waals surface area contributed by atoms with Crippen LogP contribution < -0.4 is 0 Å². The molecule has 0 radical (unpaired) electrons. The van der Waals surface area contributed by atoms with Crippen molar-refractivity contribution in [3.63, 3.8) is 0 Å². The minimum absolute atomic E-state index is 0. The Morgan fingerprint density at radius 1 is 1.29 bits per heavy atom. The molecule has 0 rings (SSSR count). The van der Waals surface area contributed by atoms with E-state index in [1.807, 2.05) is 0 Å². The van der Waals surface area contributed by atoms with Gasteiger partial charge in [-0.05, 0) is 0 Å². The van der Waals surface area contributed by atoms with Gasteiger partial charge in [-0.25, -0.2) is 0 Å². The predicted molar refractivity (Wildman–Crippen MR) is 34.7 cm³/mol. The monoisotopic (exact) mass is 215 g/mol. The van der Waals surface area contributed by atoms with Gasteiger partial charge in [0, 0.05) is 0 Å². The maximum atomic E-state index is 2.26. The molecule has 2 heteroatoms. The van der Waals surface area contributed by atoms with Crippen molar-refractivity contribution in [2.75, 3.05) is 0 Å². The first kappa shape index (κ1) is 11.0. The summed E-state index contributed by atoms with van der Waals surface area (Å²) in [5.74, 6) is 0. The van der Waals surface area contributed by atoms with Gasteiger partial charge >= 0.3 is 49.5 Å². The fourth-order valence-electron chi connectivity index (χ4n) is 0.289. The molecule has 0 N–H and O–H groups in total. The van der Waals surface area contributed by atoms with Crippen LogP contribution in [0.3, 0.4) is 0 Å². The molecule has 0 saturated heterocycles. The van der Waals surface area contributed by atoms with Crippen LogP contribution in [0.15, 0.2) is 0 Å². The van der Waals surface area contributed by atoms with E-state index in [4.69, 9.17) is 0 Å². The third-order valence-electron chi connectivity index (χ3n) is 1.15. The van der Waals surface area contributed by atoms with E-state index in [0.717, 1.165) is 4.51 Å². The molecule has 0 aromatic carbocycles. The second-order valence-electron chi connectivity index (χ2n) is 1.68. The second kappa shape index (κ2) is 7.10. The van der Waals surface area contributed by atoms with Crippen LogP contribution in [0.5, 0.6) is 0 Å². The number of hydrogen-bond acceptors (Lipinski definition) is 0. The van der Waals surface area contributed by atoms with Crippen LogP contribution >= 0.6 is 17.0 Å². The van der Waals surface area contributed by atoms with Crippen LogP contribution in [0.4, 0.5) is 0 Å². The molecule has 0 amide bonds. The molecule has 0 unspecified atom stereocenters. The van der Waals surface area contributed by atoms with Crippen molar-refractivity contribution in [2.24, 2.45) is 0 Å². The summed E-state index contributed by atoms with van der Waals surface area (Å²) in [6.07, 6.45) is 2.77. The topological polar surface area (TPSA) is 0 Å². The zero-order chi connectivity index (χ0) is 4.99. The Bertz CT molecular complexity index is 27.3. The molecule has 0 bridgehead atoms. The molecule has 0 aromatic heterocycles. The van der Waals surface area contributed by atoms with Crippen molar-refractivity contribution < 1.29 is 18.3 Å². The molecule has 7 heavy (non-hydrogen) atoms. The number of rotatable bonds is 2. The Morgan fingerprint density at radius 2 is 1.57 bits per heavy atom. The van der Waals surface area contributed by atoms with Crippen LogP contribution in [0, 0.1) is 0 Å². The first-order chi connectivity index (χ1) is 2.81. The van der Waals surface area contributed by atoms with Gasteiger partial charge in [-0.3, -0.25) is 0 Å². The Morgan fingerprint density at radius 3 is 1.57 bits per heavy atom. The van der Waals surface area contributed by atoms with Crippen molar-refractivity contribution >= 4 is 17.0 Å². The van der Waals surface area contributed by atoms with Gasteiger partial charge in [0.1, 0.15) is 0 Å². The van der Waals surface area contributed by atoms with Gasteiger partial charge in [0.05, 0.1) is 0 Å². The van der Waals surface area contributed by atoms with Crippen molar-refractivity contribution in [3.05, 3.63) is 0 Å². The summed E-state index contributed by atoms with van der Waals surface area (Å²) in [5.41, 5.74) is 0. The van der Waals surface area contributed by atoms with E-state index < -0.39 is 0 Å². The van der Waals surface area contributed by atoms with E-state index in [1.165, 1.54) is 31.1 Å². The van der Waals surface area contributed by atoms with Crippen molar-refractivity contribution in [1.82, 2.24) is 0 Å². The van der Waals surface area contributed by atoms with Gasteiger partial charge in [0.25, 0.3) is 0 Å². The zero-order valence-corrected chi connectivity index (χ0v) is 9.79. The SMILES string of the molecule is Br.CC[CH]([Zn])CC. The molecule has 0 aliphatic heterocycles. The Hall–Kier alpha value is 1.10. The van der Waals surface area contributed by atoms with E-state index in [-0.39, 0.29) is 17.0 Å². The third kappa shape index (κ3) is 7.10. The van der Waals surface area contributed by atoms with Crippen LogP contribution in [-0.4, -0.2) is 0 Å². The fourth-order valence-corrected chi connectivity index (χ4v) is 0.289. The molecule has 0 atom stereocenters. The van der Waals surface area contributed by atoms with Crippen LogP contribution in [0.2, 0.25) is 4.51 Å². The van der Waals surface area contributed by atoms with E-state index >= 15 is 0 Å². The Balaban J connectivity index is 0. The predicted octanol–water partition coefficient (Wildman–Crippen LogP) is 2.72. The summed E-state index contributed by atoms with van der Waals surface area (Å²) in [7, 11) is 0. The van der Waals surface area contributed by atoms with Gasteiger partial charge in [0.2, 0.25) is 0 Å². The van der Waals surface area contributed by atoms with Crippen molar-refractivity contribution in [2.45, 2.75) is 31.2 Å². The number of halogens is 1.